The molecule has 4 nitrogen and oxygen atoms in total. The van der Waals surface area contributed by atoms with Crippen molar-refractivity contribution < 1.29 is 14.3 Å². The van der Waals surface area contributed by atoms with Crippen LogP contribution in [0.4, 0.5) is 5.69 Å². The van der Waals surface area contributed by atoms with Gasteiger partial charge in [-0.15, -0.1) is 0 Å². The zero-order chi connectivity index (χ0) is 16.1. The van der Waals surface area contributed by atoms with Crippen molar-refractivity contribution in [2.75, 3.05) is 11.9 Å². The maximum atomic E-state index is 11.9. The lowest BCUT2D eigenvalue weighted by atomic mass is 9.85. The summed E-state index contributed by atoms with van der Waals surface area (Å²) in [6, 6.07) is 14.9. The summed E-state index contributed by atoms with van der Waals surface area (Å²) in [7, 11) is 0. The van der Waals surface area contributed by atoms with Gasteiger partial charge in [0.25, 0.3) is 0 Å². The number of hydrogen-bond acceptors (Lipinski definition) is 3. The highest BCUT2D eigenvalue weighted by Crippen LogP contribution is 2.28. The number of hydrogen-bond donors (Lipinski definition) is 1. The molecule has 23 heavy (non-hydrogen) atoms. The number of amides is 1. The molecule has 0 atom stereocenters. The SMILES string of the molecule is CCOc1ccc(Oc2ccc(NC(=O)C3CCC3)cc2)cc1. The average molecular weight is 311 g/mol. The molecule has 0 bridgehead atoms. The van der Waals surface area contributed by atoms with E-state index < -0.39 is 0 Å². The summed E-state index contributed by atoms with van der Waals surface area (Å²) in [5, 5.41) is 2.95. The van der Waals surface area contributed by atoms with Crippen LogP contribution in [0, 0.1) is 5.92 Å². The third-order valence-corrected chi connectivity index (χ3v) is 3.97. The minimum atomic E-state index is 0.122. The van der Waals surface area contributed by atoms with E-state index in [2.05, 4.69) is 5.32 Å². The lowest BCUT2D eigenvalue weighted by Crippen LogP contribution is -2.27. The molecule has 2 aromatic rings. The smallest absolute Gasteiger partial charge is 0.227 e. The Labute approximate surface area is 136 Å². The largest absolute Gasteiger partial charge is 0.494 e. The highest BCUT2D eigenvalue weighted by Gasteiger charge is 2.24. The van der Waals surface area contributed by atoms with Crippen LogP contribution in [-0.4, -0.2) is 12.5 Å². The molecule has 4 heteroatoms. The summed E-state index contributed by atoms with van der Waals surface area (Å²) >= 11 is 0. The fourth-order valence-electron chi connectivity index (χ4n) is 2.43. The first kappa shape index (κ1) is 15.4. The maximum absolute atomic E-state index is 11.9. The van der Waals surface area contributed by atoms with Crippen molar-refractivity contribution in [3.05, 3.63) is 48.5 Å². The second kappa shape index (κ2) is 7.18. The normalized spacial score (nSPS) is 14.0. The van der Waals surface area contributed by atoms with Crippen molar-refractivity contribution in [2.45, 2.75) is 26.2 Å². The van der Waals surface area contributed by atoms with Gasteiger partial charge in [-0.1, -0.05) is 6.42 Å². The number of rotatable bonds is 6. The van der Waals surface area contributed by atoms with E-state index in [0.29, 0.717) is 6.61 Å². The van der Waals surface area contributed by atoms with Gasteiger partial charge in [-0.2, -0.15) is 0 Å². The summed E-state index contributed by atoms with van der Waals surface area (Å²) in [5.41, 5.74) is 0.806. The molecule has 0 radical (unpaired) electrons. The van der Waals surface area contributed by atoms with Crippen molar-refractivity contribution in [3.63, 3.8) is 0 Å². The predicted molar refractivity (Wildman–Crippen MR) is 90.1 cm³/mol. The molecule has 1 aliphatic rings. The van der Waals surface area contributed by atoms with Gasteiger partial charge in [0.1, 0.15) is 17.2 Å². The van der Waals surface area contributed by atoms with Crippen molar-refractivity contribution >= 4 is 11.6 Å². The first-order valence-electron chi connectivity index (χ1n) is 8.06. The number of nitrogens with one attached hydrogen (secondary N) is 1. The molecule has 0 spiro atoms. The van der Waals surface area contributed by atoms with Crippen LogP contribution >= 0.6 is 0 Å². The van der Waals surface area contributed by atoms with Gasteiger partial charge >= 0.3 is 0 Å². The zero-order valence-electron chi connectivity index (χ0n) is 13.2. The third-order valence-electron chi connectivity index (χ3n) is 3.97. The van der Waals surface area contributed by atoms with E-state index in [1.807, 2.05) is 55.5 Å². The van der Waals surface area contributed by atoms with E-state index >= 15 is 0 Å². The fourth-order valence-corrected chi connectivity index (χ4v) is 2.43. The molecule has 0 saturated heterocycles. The quantitative estimate of drug-likeness (QED) is 0.847. The van der Waals surface area contributed by atoms with Crippen LogP contribution in [0.1, 0.15) is 26.2 Å². The highest BCUT2D eigenvalue weighted by molar-refractivity contribution is 5.93. The van der Waals surface area contributed by atoms with Gasteiger partial charge in [-0.05, 0) is 68.3 Å². The Morgan fingerprint density at radius 3 is 2.09 bits per heavy atom. The molecule has 1 amide bonds. The Kier molecular flexibility index (Phi) is 4.81. The molecule has 0 heterocycles. The van der Waals surface area contributed by atoms with Crippen LogP contribution in [0.5, 0.6) is 17.2 Å². The molecule has 0 aromatic heterocycles. The zero-order valence-corrected chi connectivity index (χ0v) is 13.2. The fraction of sp³-hybridized carbons (Fsp3) is 0.316. The van der Waals surface area contributed by atoms with Crippen LogP contribution < -0.4 is 14.8 Å². The molecular weight excluding hydrogens is 290 g/mol. The molecule has 1 saturated carbocycles. The molecule has 3 rings (SSSR count). The van der Waals surface area contributed by atoms with Crippen molar-refractivity contribution in [2.24, 2.45) is 5.92 Å². The Morgan fingerprint density at radius 2 is 1.57 bits per heavy atom. The highest BCUT2D eigenvalue weighted by atomic mass is 16.5. The van der Waals surface area contributed by atoms with E-state index in [1.54, 1.807) is 0 Å². The van der Waals surface area contributed by atoms with Gasteiger partial charge < -0.3 is 14.8 Å². The molecular formula is C19H21NO3. The van der Waals surface area contributed by atoms with Crippen molar-refractivity contribution in [1.82, 2.24) is 0 Å². The molecule has 2 aromatic carbocycles. The average Bonchev–Trinajstić information content (AvgIpc) is 2.50. The van der Waals surface area contributed by atoms with Gasteiger partial charge in [0, 0.05) is 11.6 Å². The van der Waals surface area contributed by atoms with Gasteiger partial charge in [0.2, 0.25) is 5.91 Å². The molecule has 1 fully saturated rings. The maximum Gasteiger partial charge on any atom is 0.227 e. The standard InChI is InChI=1S/C19H21NO3/c1-2-22-16-10-12-18(13-11-16)23-17-8-6-15(7-9-17)20-19(21)14-4-3-5-14/h6-14H,2-5H2,1H3,(H,20,21). The summed E-state index contributed by atoms with van der Waals surface area (Å²) in [4.78, 5) is 11.9. The Morgan fingerprint density at radius 1 is 1.00 bits per heavy atom. The Balaban J connectivity index is 1.57. The first-order chi connectivity index (χ1) is 11.2. The third kappa shape index (κ3) is 4.03. The minimum absolute atomic E-state index is 0.122. The summed E-state index contributed by atoms with van der Waals surface area (Å²) < 4.78 is 11.2. The molecule has 1 aliphatic carbocycles. The number of ether oxygens (including phenoxy) is 2. The molecule has 120 valence electrons. The second-order valence-corrected chi connectivity index (χ2v) is 5.65. The number of carbonyl (C=O) groups is 1. The predicted octanol–water partition coefficient (Wildman–Crippen LogP) is 4.62. The van der Waals surface area contributed by atoms with Crippen LogP contribution in [0.2, 0.25) is 0 Å². The van der Waals surface area contributed by atoms with E-state index in [9.17, 15) is 4.79 Å². The van der Waals surface area contributed by atoms with Crippen LogP contribution in [0.3, 0.4) is 0 Å². The van der Waals surface area contributed by atoms with Gasteiger partial charge in [0.15, 0.2) is 0 Å². The monoisotopic (exact) mass is 311 g/mol. The summed E-state index contributed by atoms with van der Waals surface area (Å²) in [6.45, 7) is 2.60. The number of benzene rings is 2. The minimum Gasteiger partial charge on any atom is -0.494 e. The van der Waals surface area contributed by atoms with Gasteiger partial charge in [-0.3, -0.25) is 4.79 Å². The van der Waals surface area contributed by atoms with Gasteiger partial charge in [0.05, 0.1) is 6.61 Å². The number of carbonyl (C=O) groups excluding carboxylic acids is 1. The molecule has 0 aliphatic heterocycles. The van der Waals surface area contributed by atoms with Crippen molar-refractivity contribution in [3.8, 4) is 17.2 Å². The first-order valence-corrected chi connectivity index (χ1v) is 8.06. The van der Waals surface area contributed by atoms with Crippen LogP contribution in [0.15, 0.2) is 48.5 Å². The van der Waals surface area contributed by atoms with E-state index in [-0.39, 0.29) is 11.8 Å². The van der Waals surface area contributed by atoms with E-state index in [1.165, 1.54) is 0 Å². The Hall–Kier alpha value is -2.49. The molecule has 0 unspecified atom stereocenters. The van der Waals surface area contributed by atoms with E-state index in [0.717, 1.165) is 42.2 Å². The van der Waals surface area contributed by atoms with E-state index in [4.69, 9.17) is 9.47 Å². The van der Waals surface area contributed by atoms with Crippen LogP contribution in [0.25, 0.3) is 0 Å². The van der Waals surface area contributed by atoms with Crippen molar-refractivity contribution in [1.29, 1.82) is 0 Å². The molecule has 1 N–H and O–H groups in total. The summed E-state index contributed by atoms with van der Waals surface area (Å²) in [6.07, 6.45) is 3.17. The second-order valence-electron chi connectivity index (χ2n) is 5.65. The lowest BCUT2D eigenvalue weighted by Gasteiger charge is -2.24. The number of anilines is 1. The summed E-state index contributed by atoms with van der Waals surface area (Å²) in [5.74, 6) is 2.62. The Bertz CT molecular complexity index is 645. The lowest BCUT2D eigenvalue weighted by molar-refractivity contribution is -0.122. The van der Waals surface area contributed by atoms with Crippen LogP contribution in [-0.2, 0) is 4.79 Å². The topological polar surface area (TPSA) is 47.6 Å². The van der Waals surface area contributed by atoms with Gasteiger partial charge in [-0.25, -0.2) is 0 Å².